The maximum atomic E-state index is 10.2. The molecule has 10 heavy (non-hydrogen) atoms. The summed E-state index contributed by atoms with van der Waals surface area (Å²) in [5, 5.41) is 0. The minimum Gasteiger partial charge on any atom is -0.285 e. The molecule has 0 heterocycles. The lowest BCUT2D eigenvalue weighted by atomic mass is 10.1. The van der Waals surface area contributed by atoms with Gasteiger partial charge in [0.15, 0.2) is 0 Å². The van der Waals surface area contributed by atoms with Crippen molar-refractivity contribution in [2.24, 2.45) is 0 Å². The van der Waals surface area contributed by atoms with Gasteiger partial charge in [-0.05, 0) is 5.56 Å². The molecule has 51 valence electrons. The van der Waals surface area contributed by atoms with Gasteiger partial charge in [-0.1, -0.05) is 24.3 Å². The van der Waals surface area contributed by atoms with Crippen molar-refractivity contribution in [1.82, 2.24) is 0 Å². The molecule has 0 N–H and O–H groups in total. The molecule has 0 bridgehead atoms. The van der Waals surface area contributed by atoms with Gasteiger partial charge in [0, 0.05) is 11.4 Å². The van der Waals surface area contributed by atoms with E-state index in [1.807, 2.05) is 18.4 Å². The predicted molar refractivity (Wildman–Crippen MR) is 40.8 cm³/mol. The Bertz CT molecular complexity index is 232. The minimum atomic E-state index is 0.366. The van der Waals surface area contributed by atoms with Gasteiger partial charge in [-0.15, -0.1) is 11.6 Å². The normalized spacial score (nSPS) is 9.30. The Morgan fingerprint density at radius 3 is 2.60 bits per heavy atom. The van der Waals surface area contributed by atoms with Gasteiger partial charge in [-0.25, -0.2) is 0 Å². The second-order valence-corrected chi connectivity index (χ2v) is 2.16. The molecule has 0 saturated carbocycles. The van der Waals surface area contributed by atoms with Crippen molar-refractivity contribution in [3.8, 4) is 0 Å². The van der Waals surface area contributed by atoms with Crippen LogP contribution in [-0.4, -0.2) is 6.29 Å². The third kappa shape index (κ3) is 1.36. The summed E-state index contributed by atoms with van der Waals surface area (Å²) in [7, 11) is 0. The summed E-state index contributed by atoms with van der Waals surface area (Å²) in [6.45, 7) is 0. The SMILES string of the molecule is O=[C]c1ccccc1CCl. The van der Waals surface area contributed by atoms with Gasteiger partial charge >= 0.3 is 0 Å². The van der Waals surface area contributed by atoms with Crippen LogP contribution in [0.4, 0.5) is 0 Å². The monoisotopic (exact) mass is 153 g/mol. The van der Waals surface area contributed by atoms with Gasteiger partial charge in [0.2, 0.25) is 6.29 Å². The minimum absolute atomic E-state index is 0.366. The third-order valence-corrected chi connectivity index (χ3v) is 1.56. The summed E-state index contributed by atoms with van der Waals surface area (Å²) in [4.78, 5) is 10.2. The Hall–Kier alpha value is -0.820. The van der Waals surface area contributed by atoms with Crippen molar-refractivity contribution in [3.63, 3.8) is 0 Å². The molecule has 0 aliphatic heterocycles. The van der Waals surface area contributed by atoms with E-state index in [1.165, 1.54) is 0 Å². The van der Waals surface area contributed by atoms with Crippen molar-refractivity contribution in [2.45, 2.75) is 5.88 Å². The predicted octanol–water partition coefficient (Wildman–Crippen LogP) is 1.88. The summed E-state index contributed by atoms with van der Waals surface area (Å²) in [5.74, 6) is 0.366. The molecule has 0 aliphatic rings. The number of rotatable bonds is 2. The van der Waals surface area contributed by atoms with Gasteiger partial charge in [0.25, 0.3) is 0 Å². The average molecular weight is 154 g/mol. The molecule has 1 aromatic carbocycles. The highest BCUT2D eigenvalue weighted by molar-refractivity contribution is 6.17. The number of benzene rings is 1. The van der Waals surface area contributed by atoms with E-state index in [-0.39, 0.29) is 0 Å². The average Bonchev–Trinajstić information content (AvgIpc) is 2.04. The molecule has 0 fully saturated rings. The molecule has 0 amide bonds. The quantitative estimate of drug-likeness (QED) is 0.593. The summed E-state index contributed by atoms with van der Waals surface area (Å²) in [6, 6.07) is 7.15. The lowest BCUT2D eigenvalue weighted by molar-refractivity contribution is 0.562. The van der Waals surface area contributed by atoms with E-state index in [4.69, 9.17) is 11.6 Å². The second-order valence-electron chi connectivity index (χ2n) is 1.89. The van der Waals surface area contributed by atoms with Crippen molar-refractivity contribution in [3.05, 3.63) is 35.4 Å². The molecule has 0 aromatic heterocycles. The van der Waals surface area contributed by atoms with Crippen molar-refractivity contribution < 1.29 is 4.79 Å². The van der Waals surface area contributed by atoms with E-state index in [9.17, 15) is 4.79 Å². The zero-order chi connectivity index (χ0) is 7.40. The molecule has 1 radical (unpaired) electrons. The van der Waals surface area contributed by atoms with E-state index in [0.29, 0.717) is 11.4 Å². The zero-order valence-electron chi connectivity index (χ0n) is 5.30. The molecular formula is C8H6ClO. The number of hydrogen-bond donors (Lipinski definition) is 0. The van der Waals surface area contributed by atoms with Crippen LogP contribution in [-0.2, 0) is 10.7 Å². The van der Waals surface area contributed by atoms with Crippen LogP contribution in [0.3, 0.4) is 0 Å². The first-order valence-electron chi connectivity index (χ1n) is 2.90. The molecule has 1 nitrogen and oxygen atoms in total. The first-order chi connectivity index (χ1) is 4.88. The third-order valence-electron chi connectivity index (χ3n) is 1.27. The van der Waals surface area contributed by atoms with Gasteiger partial charge in [0.1, 0.15) is 0 Å². The largest absolute Gasteiger partial charge is 0.285 e. The molecule has 0 aliphatic carbocycles. The Balaban J connectivity index is 3.08. The fraction of sp³-hybridized carbons (Fsp3) is 0.125. The maximum absolute atomic E-state index is 10.2. The number of alkyl halides is 1. The van der Waals surface area contributed by atoms with E-state index >= 15 is 0 Å². The fourth-order valence-corrected chi connectivity index (χ4v) is 0.969. The molecule has 0 spiro atoms. The Labute approximate surface area is 64.6 Å². The number of hydrogen-bond acceptors (Lipinski definition) is 1. The van der Waals surface area contributed by atoms with Crippen LogP contribution < -0.4 is 0 Å². The number of halogens is 1. The van der Waals surface area contributed by atoms with Crippen LogP contribution in [0.5, 0.6) is 0 Å². The number of carbonyl (C=O) groups excluding carboxylic acids is 1. The van der Waals surface area contributed by atoms with E-state index < -0.39 is 0 Å². The van der Waals surface area contributed by atoms with Gasteiger partial charge in [0.05, 0.1) is 0 Å². The molecule has 0 saturated heterocycles. The summed E-state index contributed by atoms with van der Waals surface area (Å²) >= 11 is 5.53. The Morgan fingerprint density at radius 1 is 1.40 bits per heavy atom. The lowest BCUT2D eigenvalue weighted by Crippen LogP contribution is -1.87. The highest BCUT2D eigenvalue weighted by Gasteiger charge is 1.96. The van der Waals surface area contributed by atoms with Crippen LogP contribution in [0.2, 0.25) is 0 Å². The second kappa shape index (κ2) is 3.37. The standard InChI is InChI=1S/C8H6ClO/c9-5-7-3-1-2-4-8(7)6-10/h1-4H,5H2. The summed E-state index contributed by atoms with van der Waals surface area (Å²) in [5.41, 5.74) is 1.39. The molecular weight excluding hydrogens is 148 g/mol. The Kier molecular flexibility index (Phi) is 2.46. The lowest BCUT2D eigenvalue weighted by Gasteiger charge is -1.95. The molecule has 2 heteroatoms. The van der Waals surface area contributed by atoms with E-state index in [2.05, 4.69) is 0 Å². The summed E-state index contributed by atoms with van der Waals surface area (Å²) < 4.78 is 0. The van der Waals surface area contributed by atoms with Crippen molar-refractivity contribution >= 4 is 17.9 Å². The fourth-order valence-electron chi connectivity index (χ4n) is 0.736. The summed E-state index contributed by atoms with van der Waals surface area (Å²) in [6.07, 6.45) is 1.81. The van der Waals surface area contributed by atoms with Crippen LogP contribution in [0, 0.1) is 0 Å². The zero-order valence-corrected chi connectivity index (χ0v) is 6.06. The Morgan fingerprint density at radius 2 is 2.10 bits per heavy atom. The highest BCUT2D eigenvalue weighted by atomic mass is 35.5. The molecule has 0 unspecified atom stereocenters. The topological polar surface area (TPSA) is 17.1 Å². The van der Waals surface area contributed by atoms with Crippen molar-refractivity contribution in [2.75, 3.05) is 0 Å². The van der Waals surface area contributed by atoms with Crippen molar-refractivity contribution in [1.29, 1.82) is 0 Å². The first-order valence-corrected chi connectivity index (χ1v) is 3.44. The van der Waals surface area contributed by atoms with E-state index in [0.717, 1.165) is 5.56 Å². The van der Waals surface area contributed by atoms with Crippen LogP contribution in [0.15, 0.2) is 24.3 Å². The molecule has 1 rings (SSSR count). The highest BCUT2D eigenvalue weighted by Crippen LogP contribution is 2.07. The van der Waals surface area contributed by atoms with E-state index in [1.54, 1.807) is 12.1 Å². The van der Waals surface area contributed by atoms with Gasteiger partial charge in [-0.2, -0.15) is 0 Å². The molecule has 1 aromatic rings. The van der Waals surface area contributed by atoms with Crippen LogP contribution in [0.1, 0.15) is 11.1 Å². The smallest absolute Gasteiger partial charge is 0.233 e. The van der Waals surface area contributed by atoms with Crippen LogP contribution in [0.25, 0.3) is 0 Å². The van der Waals surface area contributed by atoms with Crippen LogP contribution >= 0.6 is 11.6 Å². The maximum Gasteiger partial charge on any atom is 0.233 e. The first kappa shape index (κ1) is 7.29. The van der Waals surface area contributed by atoms with Gasteiger partial charge in [-0.3, -0.25) is 4.79 Å². The van der Waals surface area contributed by atoms with Gasteiger partial charge < -0.3 is 0 Å². The molecule has 0 atom stereocenters.